The maximum absolute atomic E-state index is 13.7. The third kappa shape index (κ3) is 6.68. The second kappa shape index (κ2) is 10.7. The molecule has 0 spiro atoms. The molecule has 0 aliphatic rings. The van der Waals surface area contributed by atoms with Gasteiger partial charge in [0.2, 0.25) is 0 Å². The van der Waals surface area contributed by atoms with Crippen molar-refractivity contribution in [3.63, 3.8) is 0 Å². The van der Waals surface area contributed by atoms with Crippen molar-refractivity contribution in [2.24, 2.45) is 5.92 Å². The van der Waals surface area contributed by atoms with Crippen LogP contribution in [0.2, 0.25) is 0 Å². The molecule has 9 nitrogen and oxygen atoms in total. The fourth-order valence-corrected chi connectivity index (χ4v) is 2.21. The van der Waals surface area contributed by atoms with Crippen molar-refractivity contribution in [3.8, 4) is 0 Å². The molecular formula is C17H25FN4O5. The highest BCUT2D eigenvalue weighted by Crippen LogP contribution is 2.09. The number of carbonyl (C=O) groups is 2. The first kappa shape index (κ1) is 22.6. The Labute approximate surface area is 156 Å². The Morgan fingerprint density at radius 3 is 2.52 bits per heavy atom. The van der Waals surface area contributed by atoms with Crippen LogP contribution >= 0.6 is 0 Å². The number of aliphatic hydroxyl groups is 2. The van der Waals surface area contributed by atoms with Crippen molar-refractivity contribution < 1.29 is 29.3 Å². The second-order valence-corrected chi connectivity index (χ2v) is 6.04. The van der Waals surface area contributed by atoms with E-state index in [1.165, 1.54) is 12.1 Å². The van der Waals surface area contributed by atoms with E-state index in [0.717, 1.165) is 6.07 Å². The molecule has 6 N–H and O–H groups in total. The molecule has 27 heavy (non-hydrogen) atoms. The lowest BCUT2D eigenvalue weighted by atomic mass is 10.0. The minimum atomic E-state index is -1.43. The number of carbonyl (C=O) groups excluding carboxylic acids is 1. The largest absolute Gasteiger partial charge is 0.480 e. The minimum absolute atomic E-state index is 0.0352. The fraction of sp³-hybridized carbons (Fsp3) is 0.471. The van der Waals surface area contributed by atoms with Gasteiger partial charge in [-0.05, 0) is 25.0 Å². The van der Waals surface area contributed by atoms with Crippen molar-refractivity contribution in [1.82, 2.24) is 20.9 Å². The van der Waals surface area contributed by atoms with E-state index in [1.54, 1.807) is 20.8 Å². The predicted molar refractivity (Wildman–Crippen MR) is 94.7 cm³/mol. The van der Waals surface area contributed by atoms with Crippen molar-refractivity contribution >= 4 is 11.9 Å². The molecule has 0 aliphatic carbocycles. The molecule has 0 aliphatic heterocycles. The molecule has 0 bridgehead atoms. The van der Waals surface area contributed by atoms with Gasteiger partial charge in [-0.3, -0.25) is 20.2 Å². The van der Waals surface area contributed by atoms with Gasteiger partial charge in [0.05, 0.1) is 18.1 Å². The summed E-state index contributed by atoms with van der Waals surface area (Å²) in [6.45, 7) is 4.46. The van der Waals surface area contributed by atoms with Gasteiger partial charge in [-0.2, -0.15) is 0 Å². The van der Waals surface area contributed by atoms with E-state index in [-0.39, 0.29) is 36.3 Å². The molecule has 1 aromatic heterocycles. The number of amides is 1. The zero-order valence-electron chi connectivity index (χ0n) is 15.4. The van der Waals surface area contributed by atoms with Crippen LogP contribution in [0, 0.1) is 11.7 Å². The minimum Gasteiger partial charge on any atom is -0.480 e. The Kier molecular flexibility index (Phi) is 8.95. The zero-order chi connectivity index (χ0) is 20.6. The lowest BCUT2D eigenvalue weighted by molar-refractivity contribution is -0.141. The summed E-state index contributed by atoms with van der Waals surface area (Å²) in [5, 5.41) is 35.6. The second-order valence-electron chi connectivity index (χ2n) is 6.04. The highest BCUT2D eigenvalue weighted by Gasteiger charge is 2.26. The maximum atomic E-state index is 13.7. The summed E-state index contributed by atoms with van der Waals surface area (Å²) >= 11 is 0. The van der Waals surface area contributed by atoms with Crippen LogP contribution in [0.4, 0.5) is 4.39 Å². The van der Waals surface area contributed by atoms with Crippen LogP contribution in [-0.4, -0.2) is 51.2 Å². The molecule has 0 saturated heterocycles. The predicted octanol–water partition coefficient (Wildman–Crippen LogP) is -0.0891. The summed E-state index contributed by atoms with van der Waals surface area (Å²) < 4.78 is 13.7. The van der Waals surface area contributed by atoms with E-state index < -0.39 is 30.0 Å². The lowest BCUT2D eigenvalue weighted by Gasteiger charge is -2.24. The van der Waals surface area contributed by atoms with E-state index in [2.05, 4.69) is 20.9 Å². The van der Waals surface area contributed by atoms with Crippen molar-refractivity contribution in [2.75, 3.05) is 6.73 Å². The van der Waals surface area contributed by atoms with Gasteiger partial charge in [-0.25, -0.2) is 9.37 Å². The average Bonchev–Trinajstić information content (AvgIpc) is 2.62. The quantitative estimate of drug-likeness (QED) is 0.307. The molecule has 0 radical (unpaired) electrons. The van der Waals surface area contributed by atoms with Gasteiger partial charge in [0.25, 0.3) is 5.91 Å². The molecule has 1 rings (SSSR count). The Bertz CT molecular complexity index is 696. The molecule has 0 aromatic carbocycles. The summed E-state index contributed by atoms with van der Waals surface area (Å²) in [7, 11) is 0. The normalized spacial score (nSPS) is 14.1. The van der Waals surface area contributed by atoms with Gasteiger partial charge >= 0.3 is 5.97 Å². The number of carboxylic acids is 1. The first-order valence-corrected chi connectivity index (χ1v) is 8.32. The Balaban J connectivity index is 2.88. The maximum Gasteiger partial charge on any atom is 0.321 e. The number of hydrogen-bond donors (Lipinski definition) is 6. The molecule has 1 unspecified atom stereocenters. The SMILES string of the molecule is C/C=C(\NC(=O)c1ccc(F)c(CNCO)n1)C(O)N[C@H](C(=O)O)C(C)C. The van der Waals surface area contributed by atoms with Crippen LogP contribution in [0.5, 0.6) is 0 Å². The number of nitrogens with zero attached hydrogens (tertiary/aromatic N) is 1. The van der Waals surface area contributed by atoms with E-state index in [4.69, 9.17) is 5.11 Å². The number of rotatable bonds is 10. The van der Waals surface area contributed by atoms with E-state index in [0.29, 0.717) is 0 Å². The Hall–Kier alpha value is -2.40. The van der Waals surface area contributed by atoms with Crippen molar-refractivity contribution in [1.29, 1.82) is 0 Å². The molecule has 10 heteroatoms. The van der Waals surface area contributed by atoms with E-state index in [1.807, 2.05) is 0 Å². The van der Waals surface area contributed by atoms with Crippen LogP contribution in [0.25, 0.3) is 0 Å². The monoisotopic (exact) mass is 384 g/mol. The van der Waals surface area contributed by atoms with Crippen molar-refractivity contribution in [3.05, 3.63) is 41.1 Å². The van der Waals surface area contributed by atoms with Gasteiger partial charge < -0.3 is 20.6 Å². The lowest BCUT2D eigenvalue weighted by Crippen LogP contribution is -2.49. The van der Waals surface area contributed by atoms with E-state index >= 15 is 0 Å². The summed E-state index contributed by atoms with van der Waals surface area (Å²) in [4.78, 5) is 27.5. The molecular weight excluding hydrogens is 359 g/mol. The number of nitrogens with one attached hydrogen (secondary N) is 3. The summed E-state index contributed by atoms with van der Waals surface area (Å²) in [5.74, 6) is -2.77. The van der Waals surface area contributed by atoms with Crippen LogP contribution in [-0.2, 0) is 11.3 Å². The molecule has 1 heterocycles. The highest BCUT2D eigenvalue weighted by atomic mass is 19.1. The van der Waals surface area contributed by atoms with Crippen LogP contribution in [0.1, 0.15) is 37.0 Å². The van der Waals surface area contributed by atoms with E-state index in [9.17, 15) is 24.2 Å². The molecule has 1 amide bonds. The number of aromatic nitrogens is 1. The smallest absolute Gasteiger partial charge is 0.321 e. The number of carboxylic acid groups (broad SMARTS) is 1. The van der Waals surface area contributed by atoms with Gasteiger partial charge in [0.15, 0.2) is 0 Å². The molecule has 150 valence electrons. The average molecular weight is 384 g/mol. The van der Waals surface area contributed by atoms with Crippen molar-refractivity contribution in [2.45, 2.75) is 39.6 Å². The fourth-order valence-electron chi connectivity index (χ4n) is 2.21. The first-order valence-electron chi connectivity index (χ1n) is 8.32. The molecule has 0 saturated carbocycles. The summed E-state index contributed by atoms with van der Waals surface area (Å²) in [5.41, 5.74) is -0.118. The van der Waals surface area contributed by atoms with Crippen LogP contribution in [0.3, 0.4) is 0 Å². The number of hydrogen-bond acceptors (Lipinski definition) is 7. The van der Waals surface area contributed by atoms with Crippen LogP contribution in [0.15, 0.2) is 23.9 Å². The number of allylic oxidation sites excluding steroid dienone is 1. The van der Waals surface area contributed by atoms with Gasteiger partial charge in [0.1, 0.15) is 23.8 Å². The molecule has 1 aromatic rings. The molecule has 0 fully saturated rings. The third-order valence-electron chi connectivity index (χ3n) is 3.69. The number of aliphatic hydroxyl groups excluding tert-OH is 2. The van der Waals surface area contributed by atoms with Gasteiger partial charge in [-0.15, -0.1) is 0 Å². The first-order chi connectivity index (χ1) is 12.7. The zero-order valence-corrected chi connectivity index (χ0v) is 15.4. The van der Waals surface area contributed by atoms with Gasteiger partial charge in [-0.1, -0.05) is 19.9 Å². The Morgan fingerprint density at radius 2 is 2.00 bits per heavy atom. The molecule has 2 atom stereocenters. The summed E-state index contributed by atoms with van der Waals surface area (Å²) in [6.07, 6.45) is -0.0227. The third-order valence-corrected chi connectivity index (χ3v) is 3.69. The Morgan fingerprint density at radius 1 is 1.33 bits per heavy atom. The number of halogens is 1. The standard InChI is InChI=1S/C17H25FN4O5/c1-4-11(15(24)22-14(9(2)3)17(26)27)21-16(25)12-6-5-10(18)13(20-12)7-19-8-23/h4-6,9,14-15,19,22-24H,7-8H2,1-3H3,(H,21,25)(H,26,27)/b11-4-/t14-,15?/m0/s1. The number of aliphatic carboxylic acids is 1. The van der Waals surface area contributed by atoms with Gasteiger partial charge in [0, 0.05) is 6.54 Å². The summed E-state index contributed by atoms with van der Waals surface area (Å²) in [6, 6.07) is 1.22. The number of pyridine rings is 1. The van der Waals surface area contributed by atoms with Crippen LogP contribution < -0.4 is 16.0 Å². The highest BCUT2D eigenvalue weighted by molar-refractivity contribution is 5.93. The topological polar surface area (TPSA) is 144 Å².